The number of anilines is 1. The average Bonchev–Trinajstić information content (AvgIpc) is 3.00. The van der Waals surface area contributed by atoms with E-state index < -0.39 is 17.6 Å². The maximum atomic E-state index is 12.9. The minimum Gasteiger partial charge on any atom is -0.495 e. The zero-order chi connectivity index (χ0) is 18.2. The maximum Gasteiger partial charge on any atom is 0.416 e. The number of furan rings is 1. The van der Waals surface area contributed by atoms with Crippen LogP contribution in [0.2, 0.25) is 0 Å². The van der Waals surface area contributed by atoms with Gasteiger partial charge in [-0.3, -0.25) is 4.79 Å². The summed E-state index contributed by atoms with van der Waals surface area (Å²) in [4.78, 5) is 12.4. The highest BCUT2D eigenvalue weighted by Crippen LogP contribution is 2.35. The van der Waals surface area contributed by atoms with Crippen molar-refractivity contribution in [3.8, 4) is 5.75 Å². The summed E-state index contributed by atoms with van der Waals surface area (Å²) in [6.07, 6.45) is -4.53. The molecule has 3 rings (SSSR count). The quantitative estimate of drug-likeness (QED) is 0.618. The number of rotatable bonds is 3. The van der Waals surface area contributed by atoms with E-state index in [4.69, 9.17) is 9.15 Å². The van der Waals surface area contributed by atoms with E-state index in [9.17, 15) is 18.0 Å². The second kappa shape index (κ2) is 6.44. The van der Waals surface area contributed by atoms with Gasteiger partial charge < -0.3 is 14.5 Å². The molecule has 1 amide bonds. The van der Waals surface area contributed by atoms with Crippen LogP contribution in [-0.4, -0.2) is 13.0 Å². The Bertz CT molecular complexity index is 950. The molecule has 4 nitrogen and oxygen atoms in total. The third-order valence-electron chi connectivity index (χ3n) is 3.51. The Hall–Kier alpha value is -2.48. The van der Waals surface area contributed by atoms with Crippen LogP contribution in [-0.2, 0) is 6.18 Å². The predicted octanol–water partition coefficient (Wildman–Crippen LogP) is 5.48. The Morgan fingerprint density at radius 2 is 1.96 bits per heavy atom. The van der Waals surface area contributed by atoms with Crippen LogP contribution < -0.4 is 10.1 Å². The summed E-state index contributed by atoms with van der Waals surface area (Å²) in [7, 11) is 1.30. The maximum absolute atomic E-state index is 12.9. The Balaban J connectivity index is 1.95. The van der Waals surface area contributed by atoms with Crippen LogP contribution in [0, 0.1) is 0 Å². The second-order valence-corrected chi connectivity index (χ2v) is 5.98. The van der Waals surface area contributed by atoms with Crippen LogP contribution in [0.3, 0.4) is 0 Å². The fraction of sp³-hybridized carbons (Fsp3) is 0.118. The van der Waals surface area contributed by atoms with Gasteiger partial charge in [-0.25, -0.2) is 0 Å². The Labute approximate surface area is 148 Å². The third kappa shape index (κ3) is 3.48. The molecule has 0 aliphatic heterocycles. The minimum absolute atomic E-state index is 0.0265. The number of fused-ring (bicyclic) bond motifs is 1. The van der Waals surface area contributed by atoms with Crippen molar-refractivity contribution >= 4 is 38.5 Å². The minimum atomic E-state index is -4.53. The molecule has 0 aliphatic rings. The molecule has 0 bridgehead atoms. The van der Waals surface area contributed by atoms with E-state index in [2.05, 4.69) is 21.2 Å². The van der Waals surface area contributed by atoms with Gasteiger partial charge >= 0.3 is 6.18 Å². The number of hydrogen-bond acceptors (Lipinski definition) is 3. The van der Waals surface area contributed by atoms with Gasteiger partial charge in [-0.1, -0.05) is 22.0 Å². The first kappa shape index (κ1) is 17.3. The molecule has 25 heavy (non-hydrogen) atoms. The smallest absolute Gasteiger partial charge is 0.416 e. The largest absolute Gasteiger partial charge is 0.495 e. The topological polar surface area (TPSA) is 51.5 Å². The Morgan fingerprint density at radius 1 is 1.20 bits per heavy atom. The van der Waals surface area contributed by atoms with Gasteiger partial charge in [0, 0.05) is 9.86 Å². The van der Waals surface area contributed by atoms with Gasteiger partial charge in [0.2, 0.25) is 0 Å². The molecule has 0 saturated carbocycles. The standard InChI is InChI=1S/C17H11BrF3NO3/c1-24-14-6-5-9(17(19,20)21)7-12(14)22-16(23)15-8-10-11(18)3-2-4-13(10)25-15/h2-8H,1H3,(H,22,23). The molecule has 1 heterocycles. The van der Waals surface area contributed by atoms with Crippen LogP contribution in [0.15, 0.2) is 51.4 Å². The van der Waals surface area contributed by atoms with Crippen molar-refractivity contribution in [3.63, 3.8) is 0 Å². The Morgan fingerprint density at radius 3 is 2.60 bits per heavy atom. The van der Waals surface area contributed by atoms with E-state index in [1.54, 1.807) is 18.2 Å². The fourth-order valence-electron chi connectivity index (χ4n) is 2.30. The summed E-state index contributed by atoms with van der Waals surface area (Å²) in [5.41, 5.74) is -0.506. The number of halogens is 4. The first-order valence-electron chi connectivity index (χ1n) is 7.04. The number of methoxy groups -OCH3 is 1. The average molecular weight is 414 g/mol. The van der Waals surface area contributed by atoms with E-state index in [-0.39, 0.29) is 17.2 Å². The second-order valence-electron chi connectivity index (χ2n) is 5.13. The molecule has 0 aliphatic carbocycles. The molecular weight excluding hydrogens is 403 g/mol. The molecule has 0 fully saturated rings. The molecule has 2 aromatic carbocycles. The van der Waals surface area contributed by atoms with Crippen LogP contribution in [0.25, 0.3) is 11.0 Å². The van der Waals surface area contributed by atoms with Gasteiger partial charge in [0.25, 0.3) is 5.91 Å². The lowest BCUT2D eigenvalue weighted by atomic mass is 10.1. The van der Waals surface area contributed by atoms with Gasteiger partial charge in [0.15, 0.2) is 5.76 Å². The summed E-state index contributed by atoms with van der Waals surface area (Å²) < 4.78 is 49.8. The van der Waals surface area contributed by atoms with E-state index in [1.165, 1.54) is 13.2 Å². The molecule has 1 aromatic heterocycles. The zero-order valence-corrected chi connectivity index (χ0v) is 14.4. The number of carbonyl (C=O) groups is 1. The summed E-state index contributed by atoms with van der Waals surface area (Å²) in [6.45, 7) is 0. The molecule has 3 aromatic rings. The van der Waals surface area contributed by atoms with Gasteiger partial charge in [0.1, 0.15) is 11.3 Å². The summed E-state index contributed by atoms with van der Waals surface area (Å²) in [5.74, 6) is -0.597. The van der Waals surface area contributed by atoms with Crippen LogP contribution in [0.5, 0.6) is 5.75 Å². The number of carbonyl (C=O) groups excluding carboxylic acids is 1. The molecular formula is C17H11BrF3NO3. The lowest BCUT2D eigenvalue weighted by molar-refractivity contribution is -0.137. The highest BCUT2D eigenvalue weighted by Gasteiger charge is 2.31. The van der Waals surface area contributed by atoms with Crippen LogP contribution in [0.1, 0.15) is 16.1 Å². The number of nitrogens with one attached hydrogen (secondary N) is 1. The number of alkyl halides is 3. The number of ether oxygens (including phenoxy) is 1. The van der Waals surface area contributed by atoms with Crippen molar-refractivity contribution in [2.75, 3.05) is 12.4 Å². The summed E-state index contributed by atoms with van der Waals surface area (Å²) >= 11 is 3.34. The first-order valence-corrected chi connectivity index (χ1v) is 7.83. The molecule has 0 unspecified atom stereocenters. The van der Waals surface area contributed by atoms with Crippen molar-refractivity contribution < 1.29 is 27.1 Å². The van der Waals surface area contributed by atoms with Crippen LogP contribution in [0.4, 0.5) is 18.9 Å². The van der Waals surface area contributed by atoms with E-state index in [0.717, 1.165) is 22.7 Å². The zero-order valence-electron chi connectivity index (χ0n) is 12.8. The van der Waals surface area contributed by atoms with Crippen molar-refractivity contribution in [2.45, 2.75) is 6.18 Å². The third-order valence-corrected chi connectivity index (χ3v) is 4.20. The summed E-state index contributed by atoms with van der Waals surface area (Å²) in [6, 6.07) is 9.56. The molecule has 0 radical (unpaired) electrons. The lowest BCUT2D eigenvalue weighted by Gasteiger charge is -2.13. The normalized spacial score (nSPS) is 11.6. The van der Waals surface area contributed by atoms with Crippen molar-refractivity contribution in [1.82, 2.24) is 0 Å². The summed E-state index contributed by atoms with van der Waals surface area (Å²) in [5, 5.41) is 3.08. The van der Waals surface area contributed by atoms with Gasteiger partial charge in [-0.15, -0.1) is 0 Å². The number of amides is 1. The van der Waals surface area contributed by atoms with Crippen molar-refractivity contribution in [3.05, 3.63) is 58.3 Å². The highest BCUT2D eigenvalue weighted by molar-refractivity contribution is 9.10. The first-order chi connectivity index (χ1) is 11.8. The van der Waals surface area contributed by atoms with Gasteiger partial charge in [0.05, 0.1) is 18.4 Å². The SMILES string of the molecule is COc1ccc(C(F)(F)F)cc1NC(=O)c1cc2c(Br)cccc2o1. The van der Waals surface area contributed by atoms with E-state index in [0.29, 0.717) is 11.0 Å². The molecule has 0 spiro atoms. The monoisotopic (exact) mass is 413 g/mol. The molecule has 130 valence electrons. The molecule has 0 atom stereocenters. The molecule has 8 heteroatoms. The highest BCUT2D eigenvalue weighted by atomic mass is 79.9. The number of benzene rings is 2. The van der Waals surface area contributed by atoms with Crippen molar-refractivity contribution in [2.24, 2.45) is 0 Å². The molecule has 0 saturated heterocycles. The van der Waals surface area contributed by atoms with E-state index in [1.807, 2.05) is 0 Å². The van der Waals surface area contributed by atoms with E-state index >= 15 is 0 Å². The predicted molar refractivity (Wildman–Crippen MR) is 89.9 cm³/mol. The lowest BCUT2D eigenvalue weighted by Crippen LogP contribution is -2.13. The number of hydrogen-bond donors (Lipinski definition) is 1. The molecule has 1 N–H and O–H groups in total. The van der Waals surface area contributed by atoms with Crippen LogP contribution >= 0.6 is 15.9 Å². The Kier molecular flexibility index (Phi) is 4.47. The van der Waals surface area contributed by atoms with Crippen molar-refractivity contribution in [1.29, 1.82) is 0 Å². The fourth-order valence-corrected chi connectivity index (χ4v) is 2.77. The van der Waals surface area contributed by atoms with Gasteiger partial charge in [-0.2, -0.15) is 13.2 Å². The van der Waals surface area contributed by atoms with Gasteiger partial charge in [-0.05, 0) is 36.4 Å².